The highest BCUT2D eigenvalue weighted by Gasteiger charge is 2.12. The van der Waals surface area contributed by atoms with Crippen LogP contribution >= 0.6 is 0 Å². The molecule has 1 aromatic rings. The van der Waals surface area contributed by atoms with Crippen LogP contribution in [-0.4, -0.2) is 6.04 Å². The molecule has 0 radical (unpaired) electrons. The fourth-order valence-electron chi connectivity index (χ4n) is 1.56. The number of halogens is 2. The van der Waals surface area contributed by atoms with Crippen molar-refractivity contribution in [2.45, 2.75) is 32.2 Å². The molecule has 1 aromatic carbocycles. The third kappa shape index (κ3) is 3.25. The number of hydrogen-bond donors (Lipinski definition) is 2. The summed E-state index contributed by atoms with van der Waals surface area (Å²) < 4.78 is 26.2. The van der Waals surface area contributed by atoms with Gasteiger partial charge in [-0.3, -0.25) is 11.3 Å². The lowest BCUT2D eigenvalue weighted by Gasteiger charge is -2.15. The summed E-state index contributed by atoms with van der Waals surface area (Å²) in [6, 6.07) is 4.20. The summed E-state index contributed by atoms with van der Waals surface area (Å²) >= 11 is 0. The Morgan fingerprint density at radius 2 is 2.13 bits per heavy atom. The first kappa shape index (κ1) is 12.1. The van der Waals surface area contributed by atoms with Crippen LogP contribution in [-0.2, 0) is 6.42 Å². The van der Waals surface area contributed by atoms with Gasteiger partial charge in [0.1, 0.15) is 0 Å². The van der Waals surface area contributed by atoms with Crippen molar-refractivity contribution in [3.63, 3.8) is 0 Å². The molecule has 0 fully saturated rings. The molecule has 2 nitrogen and oxygen atoms in total. The summed E-state index contributed by atoms with van der Waals surface area (Å²) in [4.78, 5) is 0. The largest absolute Gasteiger partial charge is 0.271 e. The third-order valence-electron chi connectivity index (χ3n) is 2.37. The lowest BCUT2D eigenvalue weighted by atomic mass is 10.0. The van der Waals surface area contributed by atoms with E-state index in [1.807, 2.05) is 6.92 Å². The number of rotatable bonds is 5. The molecule has 0 spiro atoms. The number of nitrogens with two attached hydrogens (primary N) is 1. The van der Waals surface area contributed by atoms with Crippen LogP contribution in [0.2, 0.25) is 0 Å². The predicted octanol–water partition coefficient (Wildman–Crippen LogP) is 2.14. The van der Waals surface area contributed by atoms with Crippen molar-refractivity contribution >= 4 is 0 Å². The quantitative estimate of drug-likeness (QED) is 0.582. The van der Waals surface area contributed by atoms with Crippen molar-refractivity contribution in [2.75, 3.05) is 0 Å². The highest BCUT2D eigenvalue weighted by molar-refractivity contribution is 5.19. The van der Waals surface area contributed by atoms with Crippen LogP contribution in [0.15, 0.2) is 18.2 Å². The molecule has 0 heterocycles. The lowest BCUT2D eigenvalue weighted by Crippen LogP contribution is -2.36. The minimum Gasteiger partial charge on any atom is -0.271 e. The van der Waals surface area contributed by atoms with Gasteiger partial charge in [0.25, 0.3) is 0 Å². The molecule has 1 rings (SSSR count). The Morgan fingerprint density at radius 3 is 2.73 bits per heavy atom. The minimum atomic E-state index is -0.806. The van der Waals surface area contributed by atoms with Crippen LogP contribution in [0.5, 0.6) is 0 Å². The summed E-state index contributed by atoms with van der Waals surface area (Å²) in [6.07, 6.45) is 2.20. The molecule has 0 aliphatic rings. The molecule has 15 heavy (non-hydrogen) atoms. The van der Waals surface area contributed by atoms with Gasteiger partial charge in [-0.15, -0.1) is 0 Å². The van der Waals surface area contributed by atoms with Gasteiger partial charge in [-0.1, -0.05) is 25.5 Å². The standard InChI is InChI=1S/C11H16F2N2/c1-2-4-9(15-14)7-8-5-3-6-10(12)11(8)13/h3,5-6,9,15H,2,4,7,14H2,1H3. The summed E-state index contributed by atoms with van der Waals surface area (Å²) in [5, 5.41) is 0. The first-order valence-corrected chi connectivity index (χ1v) is 5.08. The van der Waals surface area contributed by atoms with Crippen molar-refractivity contribution < 1.29 is 8.78 Å². The molecule has 0 saturated heterocycles. The van der Waals surface area contributed by atoms with Crippen LogP contribution in [0.1, 0.15) is 25.3 Å². The Morgan fingerprint density at radius 1 is 1.40 bits per heavy atom. The van der Waals surface area contributed by atoms with Gasteiger partial charge in [-0.05, 0) is 24.5 Å². The van der Waals surface area contributed by atoms with E-state index in [0.717, 1.165) is 18.9 Å². The number of nitrogens with one attached hydrogen (secondary N) is 1. The zero-order valence-electron chi connectivity index (χ0n) is 8.76. The van der Waals surface area contributed by atoms with E-state index in [4.69, 9.17) is 5.84 Å². The van der Waals surface area contributed by atoms with E-state index in [2.05, 4.69) is 5.43 Å². The van der Waals surface area contributed by atoms with Crippen molar-refractivity contribution in [3.8, 4) is 0 Å². The molecule has 0 aromatic heterocycles. The second-order valence-corrected chi connectivity index (χ2v) is 3.57. The second kappa shape index (κ2) is 5.78. The molecule has 0 saturated carbocycles. The van der Waals surface area contributed by atoms with Crippen LogP contribution in [0.4, 0.5) is 8.78 Å². The molecule has 1 unspecified atom stereocenters. The summed E-state index contributed by atoms with van der Waals surface area (Å²) in [5.74, 6) is 3.75. The van der Waals surface area contributed by atoms with E-state index in [9.17, 15) is 8.78 Å². The van der Waals surface area contributed by atoms with E-state index in [1.165, 1.54) is 6.07 Å². The van der Waals surface area contributed by atoms with Crippen molar-refractivity contribution in [3.05, 3.63) is 35.4 Å². The Labute approximate surface area is 88.4 Å². The number of hydrazine groups is 1. The summed E-state index contributed by atoms with van der Waals surface area (Å²) in [7, 11) is 0. The van der Waals surface area contributed by atoms with Gasteiger partial charge in [0.2, 0.25) is 0 Å². The van der Waals surface area contributed by atoms with Crippen LogP contribution < -0.4 is 11.3 Å². The van der Waals surface area contributed by atoms with Gasteiger partial charge in [0, 0.05) is 6.04 Å². The Kier molecular flexibility index (Phi) is 4.65. The van der Waals surface area contributed by atoms with Crippen LogP contribution in [0.25, 0.3) is 0 Å². The van der Waals surface area contributed by atoms with E-state index < -0.39 is 11.6 Å². The minimum absolute atomic E-state index is 0.00806. The SMILES string of the molecule is CCCC(Cc1cccc(F)c1F)NN. The molecule has 0 aliphatic carbocycles. The van der Waals surface area contributed by atoms with E-state index in [-0.39, 0.29) is 6.04 Å². The van der Waals surface area contributed by atoms with Crippen LogP contribution in [0.3, 0.4) is 0 Å². The average Bonchev–Trinajstić information content (AvgIpc) is 2.24. The fraction of sp³-hybridized carbons (Fsp3) is 0.455. The maximum absolute atomic E-state index is 13.3. The van der Waals surface area contributed by atoms with Crippen molar-refractivity contribution in [1.82, 2.24) is 5.43 Å². The van der Waals surface area contributed by atoms with Gasteiger partial charge in [-0.25, -0.2) is 8.78 Å². The topological polar surface area (TPSA) is 38.0 Å². The average molecular weight is 214 g/mol. The molecule has 0 aliphatic heterocycles. The maximum Gasteiger partial charge on any atom is 0.162 e. The van der Waals surface area contributed by atoms with E-state index in [1.54, 1.807) is 6.07 Å². The van der Waals surface area contributed by atoms with Crippen molar-refractivity contribution in [2.24, 2.45) is 5.84 Å². The smallest absolute Gasteiger partial charge is 0.162 e. The summed E-state index contributed by atoms with van der Waals surface area (Å²) in [5.41, 5.74) is 2.98. The molecule has 0 amide bonds. The zero-order valence-corrected chi connectivity index (χ0v) is 8.76. The van der Waals surface area contributed by atoms with Gasteiger partial charge < -0.3 is 0 Å². The van der Waals surface area contributed by atoms with Gasteiger partial charge in [-0.2, -0.15) is 0 Å². The molecule has 84 valence electrons. The zero-order chi connectivity index (χ0) is 11.3. The van der Waals surface area contributed by atoms with E-state index >= 15 is 0 Å². The molecular weight excluding hydrogens is 198 g/mol. The summed E-state index contributed by atoms with van der Waals surface area (Å²) in [6.45, 7) is 2.02. The number of hydrogen-bond acceptors (Lipinski definition) is 2. The first-order valence-electron chi connectivity index (χ1n) is 5.08. The van der Waals surface area contributed by atoms with Gasteiger partial charge >= 0.3 is 0 Å². The predicted molar refractivity (Wildman–Crippen MR) is 56.1 cm³/mol. The number of benzene rings is 1. The normalized spacial score (nSPS) is 12.8. The molecular formula is C11H16F2N2. The highest BCUT2D eigenvalue weighted by Crippen LogP contribution is 2.14. The van der Waals surface area contributed by atoms with E-state index in [0.29, 0.717) is 12.0 Å². The molecule has 4 heteroatoms. The monoisotopic (exact) mass is 214 g/mol. The molecule has 3 N–H and O–H groups in total. The van der Waals surface area contributed by atoms with Crippen molar-refractivity contribution in [1.29, 1.82) is 0 Å². The van der Waals surface area contributed by atoms with Crippen LogP contribution in [0, 0.1) is 11.6 Å². The Balaban J connectivity index is 2.74. The molecule has 0 bridgehead atoms. The fourth-order valence-corrected chi connectivity index (χ4v) is 1.56. The van der Waals surface area contributed by atoms with Gasteiger partial charge in [0.05, 0.1) is 0 Å². The van der Waals surface area contributed by atoms with Gasteiger partial charge in [0.15, 0.2) is 11.6 Å². The second-order valence-electron chi connectivity index (χ2n) is 3.57. The Bertz CT molecular complexity index is 315. The maximum atomic E-state index is 13.3. The third-order valence-corrected chi connectivity index (χ3v) is 2.37. The lowest BCUT2D eigenvalue weighted by molar-refractivity contribution is 0.458. The highest BCUT2D eigenvalue weighted by atomic mass is 19.2. The first-order chi connectivity index (χ1) is 7.19. The molecule has 1 atom stereocenters. The Hall–Kier alpha value is -1.00.